The molecule has 3 rings (SSSR count). The van der Waals surface area contributed by atoms with Crippen molar-refractivity contribution in [2.45, 2.75) is 45.3 Å². The molecule has 0 fully saturated rings. The predicted octanol–water partition coefficient (Wildman–Crippen LogP) is 4.11. The number of benzene rings is 2. The van der Waals surface area contributed by atoms with Crippen LogP contribution in [0.5, 0.6) is 0 Å². The van der Waals surface area contributed by atoms with E-state index in [2.05, 4.69) is 81.1 Å². The predicted molar refractivity (Wildman–Crippen MR) is 122 cm³/mol. The Hall–Kier alpha value is -2.59. The first kappa shape index (κ1) is 21.1. The number of anilines is 2. The molecule has 0 spiro atoms. The Balaban J connectivity index is 1.90. The molecule has 1 N–H and O–H groups in total. The summed E-state index contributed by atoms with van der Waals surface area (Å²) >= 11 is 0. The van der Waals surface area contributed by atoms with Gasteiger partial charge in [-0.25, -0.2) is 0 Å². The van der Waals surface area contributed by atoms with Crippen molar-refractivity contribution >= 4 is 11.4 Å². The number of nitrogens with zero attached hydrogens (tertiary/aromatic N) is 3. The summed E-state index contributed by atoms with van der Waals surface area (Å²) in [6, 6.07) is 21.3. The van der Waals surface area contributed by atoms with E-state index in [0.29, 0.717) is 6.04 Å². The second-order valence-corrected chi connectivity index (χ2v) is 8.10. The molecule has 0 aliphatic carbocycles. The van der Waals surface area contributed by atoms with Gasteiger partial charge in [0.25, 0.3) is 0 Å². The van der Waals surface area contributed by atoms with Gasteiger partial charge in [-0.3, -0.25) is 4.99 Å². The van der Waals surface area contributed by atoms with Gasteiger partial charge in [0.1, 0.15) is 5.36 Å². The zero-order chi connectivity index (χ0) is 21.0. The van der Waals surface area contributed by atoms with E-state index in [4.69, 9.17) is 4.99 Å². The second kappa shape index (κ2) is 9.27. The monoisotopic (exact) mass is 391 g/mol. The number of hydrogen-bond donors (Lipinski definition) is 1. The summed E-state index contributed by atoms with van der Waals surface area (Å²) in [6.45, 7) is 6.64. The molecule has 0 radical (unpaired) electrons. The van der Waals surface area contributed by atoms with Gasteiger partial charge in [-0.05, 0) is 38.3 Å². The minimum absolute atomic E-state index is 0.0439. The van der Waals surface area contributed by atoms with Crippen LogP contribution in [0.2, 0.25) is 0 Å². The zero-order valence-electron chi connectivity index (χ0n) is 18.2. The van der Waals surface area contributed by atoms with Gasteiger partial charge in [-0.2, -0.15) is 0 Å². The van der Waals surface area contributed by atoms with E-state index in [1.807, 2.05) is 24.3 Å². The molecule has 154 valence electrons. The molecule has 4 heteroatoms. The molecule has 0 aromatic heterocycles. The van der Waals surface area contributed by atoms with E-state index >= 15 is 0 Å². The van der Waals surface area contributed by atoms with Crippen LogP contribution >= 0.6 is 0 Å². The van der Waals surface area contributed by atoms with Crippen molar-refractivity contribution < 1.29 is 5.11 Å². The smallest absolute Gasteiger partial charge is 0.109 e. The maximum atomic E-state index is 9.96. The van der Waals surface area contributed by atoms with Crippen LogP contribution in [-0.4, -0.2) is 37.9 Å². The fourth-order valence-corrected chi connectivity index (χ4v) is 3.58. The summed E-state index contributed by atoms with van der Waals surface area (Å²) in [5.41, 5.74) is 4.85. The van der Waals surface area contributed by atoms with Crippen LogP contribution in [0.4, 0.5) is 11.4 Å². The first-order valence-electron chi connectivity index (χ1n) is 10.4. The molecule has 0 amide bonds. The Kier molecular flexibility index (Phi) is 6.75. The van der Waals surface area contributed by atoms with Crippen LogP contribution in [0.1, 0.15) is 37.9 Å². The van der Waals surface area contributed by atoms with Gasteiger partial charge in [0.05, 0.1) is 30.1 Å². The van der Waals surface area contributed by atoms with E-state index in [-0.39, 0.29) is 18.7 Å². The van der Waals surface area contributed by atoms with Crippen LogP contribution in [0, 0.1) is 0 Å². The molecular formula is C25H33N3O. The Labute approximate surface area is 174 Å². The molecule has 0 heterocycles. The van der Waals surface area contributed by atoms with Crippen molar-refractivity contribution in [2.24, 2.45) is 4.99 Å². The Morgan fingerprint density at radius 3 is 1.93 bits per heavy atom. The Bertz CT molecular complexity index is 910. The van der Waals surface area contributed by atoms with Crippen molar-refractivity contribution in [3.63, 3.8) is 0 Å². The van der Waals surface area contributed by atoms with E-state index in [0.717, 1.165) is 11.8 Å². The minimum atomic E-state index is -0.138. The van der Waals surface area contributed by atoms with Gasteiger partial charge >= 0.3 is 0 Å². The molecule has 0 saturated heterocycles. The van der Waals surface area contributed by atoms with Crippen LogP contribution in [0.15, 0.2) is 65.7 Å². The fraction of sp³-hybridized carbons (Fsp3) is 0.400. The molecule has 0 bridgehead atoms. The van der Waals surface area contributed by atoms with Crippen molar-refractivity contribution in [2.75, 3.05) is 30.5 Å². The second-order valence-electron chi connectivity index (χ2n) is 8.10. The highest BCUT2D eigenvalue weighted by atomic mass is 16.3. The van der Waals surface area contributed by atoms with Crippen LogP contribution in [-0.2, 0) is 6.42 Å². The minimum Gasteiger partial charge on any atom is -0.394 e. The van der Waals surface area contributed by atoms with E-state index in [1.165, 1.54) is 22.5 Å². The summed E-state index contributed by atoms with van der Waals surface area (Å²) in [7, 11) is 4.25. The number of aliphatic hydroxyl groups excluding tert-OH is 1. The molecule has 0 unspecified atom stereocenters. The lowest BCUT2D eigenvalue weighted by molar-refractivity contribution is 0.264. The number of rotatable bonds is 9. The van der Waals surface area contributed by atoms with Gasteiger partial charge in [-0.1, -0.05) is 60.7 Å². The average molecular weight is 392 g/mol. The van der Waals surface area contributed by atoms with Gasteiger partial charge in [-0.15, -0.1) is 0 Å². The summed E-state index contributed by atoms with van der Waals surface area (Å²) in [5.74, 6) is 0. The van der Waals surface area contributed by atoms with Crippen molar-refractivity contribution in [1.29, 1.82) is 0 Å². The fourth-order valence-electron chi connectivity index (χ4n) is 3.58. The Morgan fingerprint density at radius 1 is 0.828 bits per heavy atom. The quantitative estimate of drug-likeness (QED) is 0.597. The zero-order valence-corrected chi connectivity index (χ0v) is 18.2. The Morgan fingerprint density at radius 2 is 1.38 bits per heavy atom. The maximum absolute atomic E-state index is 9.96. The maximum Gasteiger partial charge on any atom is 0.109 e. The summed E-state index contributed by atoms with van der Waals surface area (Å²) in [5, 5.41) is 11.0. The highest BCUT2D eigenvalue weighted by molar-refractivity contribution is 5.85. The molecule has 4 nitrogen and oxygen atoms in total. The molecule has 2 atom stereocenters. The SMILES string of the molecule is CC(C)N(C)c1c(N(C)[C@H](C)c2ccccc2)c1=N[C@H](CO)Cc1ccccc1. The first-order valence-corrected chi connectivity index (χ1v) is 10.4. The molecule has 29 heavy (non-hydrogen) atoms. The molecule has 3 aromatic carbocycles. The molecule has 3 aromatic rings. The average Bonchev–Trinajstić information content (AvgIpc) is 3.46. The number of aliphatic hydroxyl groups is 1. The van der Waals surface area contributed by atoms with Gasteiger partial charge in [0.2, 0.25) is 0 Å². The van der Waals surface area contributed by atoms with Gasteiger partial charge in [0, 0.05) is 20.1 Å². The lowest BCUT2D eigenvalue weighted by Gasteiger charge is -2.26. The number of hydrogen-bond acceptors (Lipinski definition) is 4. The van der Waals surface area contributed by atoms with E-state index < -0.39 is 0 Å². The summed E-state index contributed by atoms with van der Waals surface area (Å²) in [4.78, 5) is 9.56. The largest absolute Gasteiger partial charge is 0.394 e. The van der Waals surface area contributed by atoms with Crippen molar-refractivity contribution in [1.82, 2.24) is 0 Å². The van der Waals surface area contributed by atoms with Gasteiger partial charge < -0.3 is 14.9 Å². The van der Waals surface area contributed by atoms with Crippen LogP contribution in [0.25, 0.3) is 0 Å². The highest BCUT2D eigenvalue weighted by Gasteiger charge is 2.31. The summed E-state index contributed by atoms with van der Waals surface area (Å²) in [6.07, 6.45) is 0.741. The highest BCUT2D eigenvalue weighted by Crippen LogP contribution is 2.37. The topological polar surface area (TPSA) is 39.1 Å². The van der Waals surface area contributed by atoms with Crippen LogP contribution in [0.3, 0.4) is 0 Å². The molecule has 0 aliphatic rings. The first-order chi connectivity index (χ1) is 13.9. The lowest BCUT2D eigenvalue weighted by Crippen LogP contribution is -2.25. The molecular weight excluding hydrogens is 358 g/mol. The van der Waals surface area contributed by atoms with E-state index in [1.54, 1.807) is 0 Å². The molecule has 0 aliphatic heterocycles. The summed E-state index contributed by atoms with van der Waals surface area (Å²) < 4.78 is 0. The normalized spacial score (nSPS) is 14.4. The lowest BCUT2D eigenvalue weighted by atomic mass is 10.1. The van der Waals surface area contributed by atoms with Crippen molar-refractivity contribution in [3.8, 4) is 0 Å². The molecule has 0 saturated carbocycles. The van der Waals surface area contributed by atoms with Crippen LogP contribution < -0.4 is 15.2 Å². The standard InChI is InChI=1S/C25H33N3O/c1-18(2)27(4)24-23(26-22(17-29)16-20-12-8-6-9-13-20)25(24)28(5)19(3)21-14-10-7-11-15-21/h6-15,18-19,22,29H,16-17H2,1-5H3/t19-,22+/m1/s1. The van der Waals surface area contributed by atoms with Crippen molar-refractivity contribution in [3.05, 3.63) is 77.1 Å². The third kappa shape index (κ3) is 4.88. The third-order valence-corrected chi connectivity index (χ3v) is 5.79. The van der Waals surface area contributed by atoms with Gasteiger partial charge in [0.15, 0.2) is 0 Å². The van der Waals surface area contributed by atoms with E-state index in [9.17, 15) is 5.11 Å². The third-order valence-electron chi connectivity index (χ3n) is 5.79.